The second-order valence-electron chi connectivity index (χ2n) is 8.03. The number of morpholine rings is 1. The number of carbonyl (C=O) groups excluding carboxylic acids is 1. The molecule has 0 spiro atoms. The molecule has 0 unspecified atom stereocenters. The molecule has 1 aromatic heterocycles. The highest BCUT2D eigenvalue weighted by Crippen LogP contribution is 2.32. The minimum atomic E-state index is -3.79. The zero-order valence-corrected chi connectivity index (χ0v) is 18.7. The second kappa shape index (κ2) is 8.25. The van der Waals surface area contributed by atoms with E-state index in [1.807, 2.05) is 19.1 Å². The summed E-state index contributed by atoms with van der Waals surface area (Å²) in [6.45, 7) is 4.77. The largest absolute Gasteiger partial charge is 0.373 e. The van der Waals surface area contributed by atoms with Gasteiger partial charge in [0, 0.05) is 26.3 Å². The normalized spacial score (nSPS) is 17.2. The first-order valence-electron chi connectivity index (χ1n) is 10.1. The molecule has 10 heteroatoms. The van der Waals surface area contributed by atoms with Crippen LogP contribution in [0.2, 0.25) is 0 Å². The van der Waals surface area contributed by atoms with Crippen LogP contribution in [0.3, 0.4) is 0 Å². The Kier molecular flexibility index (Phi) is 5.76. The minimum Gasteiger partial charge on any atom is -0.373 e. The van der Waals surface area contributed by atoms with Crippen LogP contribution in [-0.4, -0.2) is 60.8 Å². The molecule has 1 aliphatic heterocycles. The van der Waals surface area contributed by atoms with Gasteiger partial charge in [0.15, 0.2) is 9.84 Å². The smallest absolute Gasteiger partial charge is 0.219 e. The summed E-state index contributed by atoms with van der Waals surface area (Å²) in [7, 11) is -3.79. The molecular formula is C22H23F2N3O4S. The van der Waals surface area contributed by atoms with Crippen molar-refractivity contribution >= 4 is 26.8 Å². The van der Waals surface area contributed by atoms with Crippen molar-refractivity contribution in [3.8, 4) is 11.4 Å². The molecule has 0 bridgehead atoms. The molecule has 0 N–H and O–H groups in total. The number of rotatable bonds is 4. The number of sulfone groups is 1. The number of aromatic nitrogens is 2. The van der Waals surface area contributed by atoms with E-state index < -0.39 is 38.0 Å². The average molecular weight is 464 g/mol. The van der Waals surface area contributed by atoms with Crippen LogP contribution in [0.4, 0.5) is 8.78 Å². The molecule has 170 valence electrons. The lowest BCUT2D eigenvalue weighted by Gasteiger charge is -2.32. The van der Waals surface area contributed by atoms with E-state index in [9.17, 15) is 13.2 Å². The lowest BCUT2D eigenvalue weighted by Crippen LogP contribution is -2.46. The predicted molar refractivity (Wildman–Crippen MR) is 115 cm³/mol. The maximum absolute atomic E-state index is 15.0. The highest BCUT2D eigenvalue weighted by Gasteiger charge is 2.27. The molecule has 7 nitrogen and oxygen atoms in total. The Labute approximate surface area is 184 Å². The van der Waals surface area contributed by atoms with Gasteiger partial charge in [-0.1, -0.05) is 6.07 Å². The van der Waals surface area contributed by atoms with Crippen LogP contribution in [0.15, 0.2) is 35.2 Å². The van der Waals surface area contributed by atoms with E-state index in [2.05, 4.69) is 4.98 Å². The molecular weight excluding hydrogens is 440 g/mol. The Hall–Kier alpha value is -2.85. The SMILES string of the molecule is CC(=O)N1CCO[C@@H](Cn2c(-c3c(F)cc(S(C)(=O)=O)cc3F)nc3cc(C)ccc32)C1. The third kappa shape index (κ3) is 4.24. The van der Waals surface area contributed by atoms with E-state index >= 15 is 8.78 Å². The second-order valence-corrected chi connectivity index (χ2v) is 10.0. The van der Waals surface area contributed by atoms with Crippen molar-refractivity contribution < 1.29 is 26.7 Å². The fraction of sp³-hybridized carbons (Fsp3) is 0.364. The molecule has 0 saturated carbocycles. The molecule has 3 aromatic rings. The number of benzene rings is 2. The Morgan fingerprint density at radius 3 is 2.53 bits per heavy atom. The summed E-state index contributed by atoms with van der Waals surface area (Å²) in [4.78, 5) is 17.5. The topological polar surface area (TPSA) is 81.5 Å². The summed E-state index contributed by atoms with van der Waals surface area (Å²) in [5.41, 5.74) is 1.72. The maximum Gasteiger partial charge on any atom is 0.219 e. The van der Waals surface area contributed by atoms with Gasteiger partial charge in [-0.15, -0.1) is 0 Å². The Morgan fingerprint density at radius 1 is 1.22 bits per heavy atom. The molecule has 1 aliphatic rings. The van der Waals surface area contributed by atoms with Crippen molar-refractivity contribution in [1.29, 1.82) is 0 Å². The molecule has 0 radical (unpaired) electrons. The van der Waals surface area contributed by atoms with Crippen LogP contribution in [0.5, 0.6) is 0 Å². The summed E-state index contributed by atoms with van der Waals surface area (Å²) in [6.07, 6.45) is 0.492. The van der Waals surface area contributed by atoms with Crippen molar-refractivity contribution in [2.45, 2.75) is 31.4 Å². The third-order valence-corrected chi connectivity index (χ3v) is 6.63. The maximum atomic E-state index is 15.0. The number of fused-ring (bicyclic) bond motifs is 1. The van der Waals surface area contributed by atoms with E-state index in [1.165, 1.54) is 6.92 Å². The molecule has 0 aliphatic carbocycles. The van der Waals surface area contributed by atoms with Crippen LogP contribution in [0.1, 0.15) is 12.5 Å². The van der Waals surface area contributed by atoms with Gasteiger partial charge >= 0.3 is 0 Å². The van der Waals surface area contributed by atoms with Crippen LogP contribution < -0.4 is 0 Å². The first-order valence-corrected chi connectivity index (χ1v) is 12.0. The first-order chi connectivity index (χ1) is 15.0. The molecule has 1 amide bonds. The predicted octanol–water partition coefficient (Wildman–Crippen LogP) is 2.94. The lowest BCUT2D eigenvalue weighted by atomic mass is 10.1. The van der Waals surface area contributed by atoms with Gasteiger partial charge in [0.05, 0.1) is 40.7 Å². The summed E-state index contributed by atoms with van der Waals surface area (Å²) in [5.74, 6) is -2.08. The van der Waals surface area contributed by atoms with E-state index in [1.54, 1.807) is 15.5 Å². The van der Waals surface area contributed by atoms with Gasteiger partial charge in [0.1, 0.15) is 17.5 Å². The number of nitrogens with zero attached hydrogens (tertiary/aromatic N) is 3. The number of imidazole rings is 1. The van der Waals surface area contributed by atoms with E-state index in [4.69, 9.17) is 4.74 Å². The highest BCUT2D eigenvalue weighted by molar-refractivity contribution is 7.90. The van der Waals surface area contributed by atoms with Gasteiger partial charge in [-0.25, -0.2) is 22.2 Å². The minimum absolute atomic E-state index is 0.0317. The summed E-state index contributed by atoms with van der Waals surface area (Å²) < 4.78 is 61.1. The fourth-order valence-corrected chi connectivity index (χ4v) is 4.55. The molecule has 2 aromatic carbocycles. The van der Waals surface area contributed by atoms with E-state index in [-0.39, 0.29) is 18.3 Å². The Morgan fingerprint density at radius 2 is 1.91 bits per heavy atom. The number of amides is 1. The zero-order valence-electron chi connectivity index (χ0n) is 17.9. The van der Waals surface area contributed by atoms with Gasteiger partial charge in [0.25, 0.3) is 0 Å². The van der Waals surface area contributed by atoms with Crippen LogP contribution >= 0.6 is 0 Å². The van der Waals surface area contributed by atoms with E-state index in [0.29, 0.717) is 30.7 Å². The van der Waals surface area contributed by atoms with Gasteiger partial charge in [-0.3, -0.25) is 4.79 Å². The number of aryl methyl sites for hydroxylation is 1. The molecule has 1 atom stereocenters. The summed E-state index contributed by atoms with van der Waals surface area (Å²) in [5, 5.41) is 0. The van der Waals surface area contributed by atoms with Crippen LogP contribution in [0.25, 0.3) is 22.4 Å². The average Bonchev–Trinajstić information content (AvgIpc) is 3.04. The number of carbonyl (C=O) groups is 1. The summed E-state index contributed by atoms with van der Waals surface area (Å²) >= 11 is 0. The Bertz CT molecular complexity index is 1300. The van der Waals surface area contributed by atoms with Crippen molar-refractivity contribution in [3.63, 3.8) is 0 Å². The molecule has 4 rings (SSSR count). The van der Waals surface area contributed by atoms with Crippen molar-refractivity contribution in [2.75, 3.05) is 26.0 Å². The van der Waals surface area contributed by atoms with Crippen molar-refractivity contribution in [3.05, 3.63) is 47.5 Å². The number of hydrogen-bond acceptors (Lipinski definition) is 5. The van der Waals surface area contributed by atoms with Crippen molar-refractivity contribution in [2.24, 2.45) is 0 Å². The number of ether oxygens (including phenoxy) is 1. The fourth-order valence-electron chi connectivity index (χ4n) is 3.91. The molecule has 1 saturated heterocycles. The van der Waals surface area contributed by atoms with Gasteiger partial charge < -0.3 is 14.2 Å². The van der Waals surface area contributed by atoms with Crippen LogP contribution in [-0.2, 0) is 25.9 Å². The third-order valence-electron chi connectivity index (χ3n) is 5.54. The van der Waals surface area contributed by atoms with Gasteiger partial charge in [-0.05, 0) is 36.8 Å². The van der Waals surface area contributed by atoms with Gasteiger partial charge in [-0.2, -0.15) is 0 Å². The lowest BCUT2D eigenvalue weighted by molar-refractivity contribution is -0.136. The Balaban J connectivity index is 1.85. The van der Waals surface area contributed by atoms with Crippen LogP contribution in [0, 0.1) is 18.6 Å². The van der Waals surface area contributed by atoms with Crippen molar-refractivity contribution in [1.82, 2.24) is 14.5 Å². The monoisotopic (exact) mass is 463 g/mol. The molecule has 2 heterocycles. The quantitative estimate of drug-likeness (QED) is 0.594. The molecule has 32 heavy (non-hydrogen) atoms. The summed E-state index contributed by atoms with van der Waals surface area (Å²) in [6, 6.07) is 7.09. The molecule has 1 fully saturated rings. The number of hydrogen-bond donors (Lipinski definition) is 0. The first kappa shape index (κ1) is 22.3. The van der Waals surface area contributed by atoms with E-state index in [0.717, 1.165) is 24.0 Å². The number of halogens is 2. The zero-order chi connectivity index (χ0) is 23.2. The standard InChI is InChI=1S/C22H23F2N3O4S/c1-13-4-5-20-19(8-13)25-22(21-17(23)9-16(10-18(21)24)32(3,29)30)27(20)12-15-11-26(14(2)28)6-7-31-15/h4-5,8-10,15H,6-7,11-12H2,1-3H3/t15-/m1/s1. The van der Waals surface area contributed by atoms with Gasteiger partial charge in [0.2, 0.25) is 5.91 Å². The highest BCUT2D eigenvalue weighted by atomic mass is 32.2.